The van der Waals surface area contributed by atoms with Crippen molar-refractivity contribution in [2.75, 3.05) is 51.7 Å². The minimum Gasteiger partial charge on any atom is -0.379 e. The van der Waals surface area contributed by atoms with E-state index in [0.29, 0.717) is 29.8 Å². The van der Waals surface area contributed by atoms with Gasteiger partial charge in [0, 0.05) is 32.2 Å². The molecule has 8 heteroatoms. The lowest BCUT2D eigenvalue weighted by Crippen LogP contribution is -2.46. The van der Waals surface area contributed by atoms with Gasteiger partial charge in [0.1, 0.15) is 0 Å². The lowest BCUT2D eigenvalue weighted by molar-refractivity contribution is 0.0143. The molecule has 0 aromatic heterocycles. The van der Waals surface area contributed by atoms with Crippen LogP contribution in [0.15, 0.2) is 40.2 Å². The van der Waals surface area contributed by atoms with Crippen molar-refractivity contribution in [3.63, 3.8) is 0 Å². The van der Waals surface area contributed by atoms with E-state index < -0.39 is 9.84 Å². The van der Waals surface area contributed by atoms with E-state index in [0.717, 1.165) is 51.8 Å². The first-order chi connectivity index (χ1) is 14.4. The number of sulfone groups is 1. The highest BCUT2D eigenvalue weighted by Gasteiger charge is 2.22. The van der Waals surface area contributed by atoms with Crippen LogP contribution in [0, 0.1) is 5.92 Å². The fourth-order valence-corrected chi connectivity index (χ4v) is 4.91. The molecule has 0 aliphatic carbocycles. The Labute approximate surface area is 182 Å². The summed E-state index contributed by atoms with van der Waals surface area (Å²) in [5.41, 5.74) is 0. The summed E-state index contributed by atoms with van der Waals surface area (Å²) in [6.07, 6.45) is 1.62. The van der Waals surface area contributed by atoms with Gasteiger partial charge in [0.15, 0.2) is 15.8 Å². The van der Waals surface area contributed by atoms with Crippen molar-refractivity contribution in [1.29, 1.82) is 0 Å². The van der Waals surface area contributed by atoms with Gasteiger partial charge in [-0.25, -0.2) is 8.42 Å². The largest absolute Gasteiger partial charge is 0.379 e. The molecular formula is C22H38N4O3S. The van der Waals surface area contributed by atoms with Crippen LogP contribution in [0.5, 0.6) is 0 Å². The molecule has 2 N–H and O–H groups in total. The highest BCUT2D eigenvalue weighted by Crippen LogP contribution is 2.14. The third kappa shape index (κ3) is 8.62. The number of hydrogen-bond donors (Lipinski definition) is 2. The number of rotatable bonds is 11. The van der Waals surface area contributed by atoms with Crippen LogP contribution in [0.25, 0.3) is 0 Å². The van der Waals surface area contributed by atoms with Crippen LogP contribution < -0.4 is 10.6 Å². The SMILES string of the molecule is CCNC(=NCC(CC(C)C)N1CCOCC1)NCCCS(=O)(=O)c1ccccc1. The summed E-state index contributed by atoms with van der Waals surface area (Å²) < 4.78 is 30.3. The lowest BCUT2D eigenvalue weighted by Gasteiger charge is -2.34. The maximum absolute atomic E-state index is 12.4. The molecule has 1 fully saturated rings. The van der Waals surface area contributed by atoms with Crippen molar-refractivity contribution in [3.8, 4) is 0 Å². The van der Waals surface area contributed by atoms with E-state index in [-0.39, 0.29) is 5.75 Å². The van der Waals surface area contributed by atoms with Crippen LogP contribution >= 0.6 is 0 Å². The molecule has 0 spiro atoms. The monoisotopic (exact) mass is 438 g/mol. The van der Waals surface area contributed by atoms with E-state index in [9.17, 15) is 8.42 Å². The fourth-order valence-electron chi connectivity index (χ4n) is 3.58. The second-order valence-electron chi connectivity index (χ2n) is 8.06. The minimum atomic E-state index is -3.24. The summed E-state index contributed by atoms with van der Waals surface area (Å²) in [5, 5.41) is 6.56. The third-order valence-electron chi connectivity index (χ3n) is 5.09. The second-order valence-corrected chi connectivity index (χ2v) is 10.2. The molecule has 1 saturated heterocycles. The van der Waals surface area contributed by atoms with Gasteiger partial charge in [0.05, 0.1) is 30.4 Å². The van der Waals surface area contributed by atoms with E-state index in [1.54, 1.807) is 24.3 Å². The molecule has 2 rings (SSSR count). The number of aliphatic imine (C=N–C) groups is 1. The van der Waals surface area contributed by atoms with Crippen molar-refractivity contribution in [1.82, 2.24) is 15.5 Å². The molecule has 170 valence electrons. The highest BCUT2D eigenvalue weighted by atomic mass is 32.2. The normalized spacial score (nSPS) is 17.1. The average molecular weight is 439 g/mol. The van der Waals surface area contributed by atoms with E-state index >= 15 is 0 Å². The van der Waals surface area contributed by atoms with Gasteiger partial charge in [-0.1, -0.05) is 32.0 Å². The molecule has 0 radical (unpaired) electrons. The van der Waals surface area contributed by atoms with Crippen molar-refractivity contribution in [3.05, 3.63) is 30.3 Å². The zero-order chi connectivity index (χ0) is 21.8. The summed E-state index contributed by atoms with van der Waals surface area (Å²) in [5.74, 6) is 1.47. The predicted octanol–water partition coefficient (Wildman–Crippen LogP) is 2.15. The maximum Gasteiger partial charge on any atom is 0.191 e. The summed E-state index contributed by atoms with van der Waals surface area (Å²) in [7, 11) is -3.24. The van der Waals surface area contributed by atoms with Crippen molar-refractivity contribution in [2.24, 2.45) is 10.9 Å². The third-order valence-corrected chi connectivity index (χ3v) is 6.91. The average Bonchev–Trinajstić information content (AvgIpc) is 2.75. The Kier molecular flexibility index (Phi) is 10.6. The van der Waals surface area contributed by atoms with E-state index in [4.69, 9.17) is 9.73 Å². The van der Waals surface area contributed by atoms with Crippen LogP contribution in [-0.2, 0) is 14.6 Å². The van der Waals surface area contributed by atoms with Gasteiger partial charge in [0.2, 0.25) is 0 Å². The summed E-state index contributed by atoms with van der Waals surface area (Å²) in [4.78, 5) is 7.65. The predicted molar refractivity (Wildman–Crippen MR) is 123 cm³/mol. The summed E-state index contributed by atoms with van der Waals surface area (Å²) in [6, 6.07) is 9.02. The number of nitrogens with zero attached hydrogens (tertiary/aromatic N) is 2. The molecule has 30 heavy (non-hydrogen) atoms. The molecule has 1 aliphatic rings. The Morgan fingerprint density at radius 1 is 1.17 bits per heavy atom. The number of hydrogen-bond acceptors (Lipinski definition) is 5. The van der Waals surface area contributed by atoms with Gasteiger partial charge < -0.3 is 15.4 Å². The van der Waals surface area contributed by atoms with Gasteiger partial charge in [-0.2, -0.15) is 0 Å². The lowest BCUT2D eigenvalue weighted by atomic mass is 10.0. The van der Waals surface area contributed by atoms with Crippen molar-refractivity contribution >= 4 is 15.8 Å². The van der Waals surface area contributed by atoms with Crippen LogP contribution in [-0.4, -0.2) is 77.0 Å². The summed E-state index contributed by atoms with van der Waals surface area (Å²) >= 11 is 0. The number of ether oxygens (including phenoxy) is 1. The van der Waals surface area contributed by atoms with Gasteiger partial charge in [-0.15, -0.1) is 0 Å². The van der Waals surface area contributed by atoms with Gasteiger partial charge in [0.25, 0.3) is 0 Å². The smallest absolute Gasteiger partial charge is 0.191 e. The molecule has 0 saturated carbocycles. The minimum absolute atomic E-state index is 0.118. The van der Waals surface area contributed by atoms with Crippen LogP contribution in [0.3, 0.4) is 0 Å². The second kappa shape index (κ2) is 12.9. The van der Waals surface area contributed by atoms with E-state index in [1.807, 2.05) is 13.0 Å². The van der Waals surface area contributed by atoms with Gasteiger partial charge in [-0.05, 0) is 37.8 Å². The first kappa shape index (κ1) is 24.6. The number of benzene rings is 1. The molecule has 1 atom stereocenters. The van der Waals surface area contributed by atoms with Gasteiger partial charge >= 0.3 is 0 Å². The van der Waals surface area contributed by atoms with Crippen LogP contribution in [0.2, 0.25) is 0 Å². The standard InChI is InChI=1S/C22H38N4O3S/c1-4-23-22(24-11-8-16-30(27,28)21-9-6-5-7-10-21)25-18-20(17-19(2)3)26-12-14-29-15-13-26/h5-7,9-10,19-20H,4,8,11-18H2,1-3H3,(H2,23,24,25). The number of morpholine rings is 1. The first-order valence-electron chi connectivity index (χ1n) is 11.0. The quantitative estimate of drug-likeness (QED) is 0.313. The van der Waals surface area contributed by atoms with E-state index in [2.05, 4.69) is 29.4 Å². The molecule has 7 nitrogen and oxygen atoms in total. The molecule has 1 unspecified atom stereocenters. The molecule has 1 heterocycles. The fraction of sp³-hybridized carbons (Fsp3) is 0.682. The molecule has 0 bridgehead atoms. The Hall–Kier alpha value is -1.64. The van der Waals surface area contributed by atoms with Crippen molar-refractivity contribution in [2.45, 2.75) is 44.6 Å². The summed E-state index contributed by atoms with van der Waals surface area (Å²) in [6.45, 7) is 12.0. The molecule has 1 aromatic carbocycles. The first-order valence-corrected chi connectivity index (χ1v) is 12.7. The van der Waals surface area contributed by atoms with Crippen LogP contribution in [0.4, 0.5) is 0 Å². The molecular weight excluding hydrogens is 400 g/mol. The topological polar surface area (TPSA) is 83.0 Å². The highest BCUT2D eigenvalue weighted by molar-refractivity contribution is 7.91. The van der Waals surface area contributed by atoms with E-state index in [1.165, 1.54) is 0 Å². The molecule has 1 aliphatic heterocycles. The van der Waals surface area contributed by atoms with Crippen LogP contribution in [0.1, 0.15) is 33.6 Å². The zero-order valence-corrected chi connectivity index (χ0v) is 19.5. The Balaban J connectivity index is 1.87. The van der Waals surface area contributed by atoms with Crippen molar-refractivity contribution < 1.29 is 13.2 Å². The number of guanidine groups is 1. The Morgan fingerprint density at radius 2 is 1.87 bits per heavy atom. The Morgan fingerprint density at radius 3 is 2.50 bits per heavy atom. The molecule has 0 amide bonds. The van der Waals surface area contributed by atoms with Gasteiger partial charge in [-0.3, -0.25) is 9.89 Å². The number of nitrogens with one attached hydrogen (secondary N) is 2. The maximum atomic E-state index is 12.4. The Bertz CT molecular complexity index is 732. The zero-order valence-electron chi connectivity index (χ0n) is 18.6. The molecule has 1 aromatic rings.